The lowest BCUT2D eigenvalue weighted by atomic mass is 10.0. The van der Waals surface area contributed by atoms with Crippen LogP contribution in [0.3, 0.4) is 0 Å². The largest absolute Gasteiger partial charge is 0.354 e. The highest BCUT2D eigenvalue weighted by atomic mass is 16.2. The first-order valence-corrected chi connectivity index (χ1v) is 6.54. The van der Waals surface area contributed by atoms with E-state index in [2.05, 4.69) is 15.6 Å². The van der Waals surface area contributed by atoms with Crippen molar-refractivity contribution in [2.75, 3.05) is 6.54 Å². The molecular weight excluding hydrogens is 242 g/mol. The van der Waals surface area contributed by atoms with Gasteiger partial charge in [-0.15, -0.1) is 0 Å². The summed E-state index contributed by atoms with van der Waals surface area (Å²) in [6.07, 6.45) is 3.97. The molecule has 0 fully saturated rings. The molecule has 2 amide bonds. The monoisotopic (exact) mass is 263 g/mol. The Morgan fingerprint density at radius 2 is 1.89 bits per heavy atom. The van der Waals surface area contributed by atoms with Crippen LogP contribution in [0.1, 0.15) is 37.6 Å². The standard InChI is InChI=1S/C14H21N3O2/c1-4-7-16-14(19)12(10(2)3)17-13(18)11-5-8-15-9-6-11/h5-6,8-10,12H,4,7H2,1-3H3,(H,16,19)(H,17,18). The summed E-state index contributed by atoms with van der Waals surface area (Å²) in [4.78, 5) is 27.8. The van der Waals surface area contributed by atoms with Gasteiger partial charge < -0.3 is 10.6 Å². The molecule has 5 nitrogen and oxygen atoms in total. The van der Waals surface area contributed by atoms with E-state index in [1.54, 1.807) is 24.5 Å². The number of carbonyl (C=O) groups is 2. The molecular formula is C14H21N3O2. The van der Waals surface area contributed by atoms with E-state index < -0.39 is 6.04 Å². The predicted molar refractivity (Wildman–Crippen MR) is 73.6 cm³/mol. The number of carbonyl (C=O) groups excluding carboxylic acids is 2. The Labute approximate surface area is 113 Å². The smallest absolute Gasteiger partial charge is 0.252 e. The summed E-state index contributed by atoms with van der Waals surface area (Å²) in [6.45, 7) is 6.42. The van der Waals surface area contributed by atoms with E-state index in [9.17, 15) is 9.59 Å². The number of aromatic nitrogens is 1. The Bertz CT molecular complexity index is 418. The second-order valence-electron chi connectivity index (χ2n) is 4.72. The average molecular weight is 263 g/mol. The van der Waals surface area contributed by atoms with Crippen molar-refractivity contribution in [2.45, 2.75) is 33.2 Å². The third-order valence-corrected chi connectivity index (χ3v) is 2.73. The van der Waals surface area contributed by atoms with E-state index in [-0.39, 0.29) is 17.7 Å². The van der Waals surface area contributed by atoms with Crippen LogP contribution in [0, 0.1) is 5.92 Å². The molecule has 0 aliphatic carbocycles. The summed E-state index contributed by atoms with van der Waals surface area (Å²) >= 11 is 0. The Morgan fingerprint density at radius 1 is 1.26 bits per heavy atom. The van der Waals surface area contributed by atoms with Crippen LogP contribution in [0.25, 0.3) is 0 Å². The zero-order valence-corrected chi connectivity index (χ0v) is 11.6. The average Bonchev–Trinajstić information content (AvgIpc) is 2.42. The highest BCUT2D eigenvalue weighted by molar-refractivity contribution is 5.97. The fourth-order valence-corrected chi connectivity index (χ4v) is 1.62. The Kier molecular flexibility index (Phi) is 5.99. The van der Waals surface area contributed by atoms with Gasteiger partial charge in [-0.25, -0.2) is 0 Å². The van der Waals surface area contributed by atoms with Crippen LogP contribution in [0.2, 0.25) is 0 Å². The van der Waals surface area contributed by atoms with Gasteiger partial charge in [0.15, 0.2) is 0 Å². The minimum atomic E-state index is -0.521. The summed E-state index contributed by atoms with van der Waals surface area (Å²) in [5.74, 6) is -0.366. The number of amides is 2. The number of nitrogens with zero attached hydrogens (tertiary/aromatic N) is 1. The van der Waals surface area contributed by atoms with Crippen molar-refractivity contribution in [2.24, 2.45) is 5.92 Å². The van der Waals surface area contributed by atoms with E-state index in [1.165, 1.54) is 0 Å². The highest BCUT2D eigenvalue weighted by Gasteiger charge is 2.24. The molecule has 0 spiro atoms. The lowest BCUT2D eigenvalue weighted by Gasteiger charge is -2.21. The number of nitrogens with one attached hydrogen (secondary N) is 2. The number of pyridine rings is 1. The van der Waals surface area contributed by atoms with Crippen LogP contribution in [0.5, 0.6) is 0 Å². The van der Waals surface area contributed by atoms with E-state index in [4.69, 9.17) is 0 Å². The van der Waals surface area contributed by atoms with Gasteiger partial charge >= 0.3 is 0 Å². The number of hydrogen-bond donors (Lipinski definition) is 2. The van der Waals surface area contributed by atoms with Gasteiger partial charge in [0.05, 0.1) is 0 Å². The third-order valence-electron chi connectivity index (χ3n) is 2.73. The maximum atomic E-state index is 12.0. The molecule has 5 heteroatoms. The molecule has 0 aliphatic heterocycles. The molecule has 0 bridgehead atoms. The molecule has 1 rings (SSSR count). The second-order valence-corrected chi connectivity index (χ2v) is 4.72. The normalized spacial score (nSPS) is 12.0. The van der Waals surface area contributed by atoms with Crippen LogP contribution in [0.15, 0.2) is 24.5 Å². The Morgan fingerprint density at radius 3 is 2.42 bits per heavy atom. The molecule has 0 aromatic carbocycles. The van der Waals surface area contributed by atoms with Crippen molar-refractivity contribution < 1.29 is 9.59 Å². The van der Waals surface area contributed by atoms with Crippen molar-refractivity contribution >= 4 is 11.8 Å². The molecule has 1 aromatic heterocycles. The van der Waals surface area contributed by atoms with Gasteiger partial charge in [-0.05, 0) is 24.5 Å². The van der Waals surface area contributed by atoms with Gasteiger partial charge in [0.2, 0.25) is 5.91 Å². The van der Waals surface area contributed by atoms with Crippen molar-refractivity contribution in [3.63, 3.8) is 0 Å². The summed E-state index contributed by atoms with van der Waals surface area (Å²) in [6, 6.07) is 2.72. The molecule has 1 unspecified atom stereocenters. The van der Waals surface area contributed by atoms with E-state index in [0.29, 0.717) is 12.1 Å². The van der Waals surface area contributed by atoms with Crippen molar-refractivity contribution in [1.29, 1.82) is 0 Å². The molecule has 1 aromatic rings. The van der Waals surface area contributed by atoms with E-state index in [1.807, 2.05) is 20.8 Å². The number of rotatable bonds is 6. The van der Waals surface area contributed by atoms with Crippen molar-refractivity contribution in [1.82, 2.24) is 15.6 Å². The minimum absolute atomic E-state index is 0.0302. The minimum Gasteiger partial charge on any atom is -0.354 e. The topological polar surface area (TPSA) is 71.1 Å². The molecule has 1 atom stereocenters. The zero-order valence-electron chi connectivity index (χ0n) is 11.6. The van der Waals surface area contributed by atoms with Crippen LogP contribution in [-0.2, 0) is 4.79 Å². The van der Waals surface area contributed by atoms with Gasteiger partial charge in [-0.3, -0.25) is 14.6 Å². The van der Waals surface area contributed by atoms with Gasteiger partial charge in [0.1, 0.15) is 6.04 Å². The van der Waals surface area contributed by atoms with Gasteiger partial charge in [-0.2, -0.15) is 0 Å². The fraction of sp³-hybridized carbons (Fsp3) is 0.500. The molecule has 0 saturated heterocycles. The van der Waals surface area contributed by atoms with Crippen molar-refractivity contribution in [3.05, 3.63) is 30.1 Å². The quantitative estimate of drug-likeness (QED) is 0.814. The SMILES string of the molecule is CCCNC(=O)C(NC(=O)c1ccncc1)C(C)C. The third kappa shape index (κ3) is 4.69. The van der Waals surface area contributed by atoms with E-state index in [0.717, 1.165) is 6.42 Å². The van der Waals surface area contributed by atoms with Gasteiger partial charge in [-0.1, -0.05) is 20.8 Å². The van der Waals surface area contributed by atoms with Crippen molar-refractivity contribution in [3.8, 4) is 0 Å². The summed E-state index contributed by atoms with van der Waals surface area (Å²) in [5, 5.41) is 5.57. The number of hydrogen-bond acceptors (Lipinski definition) is 3. The molecule has 0 saturated carbocycles. The van der Waals surface area contributed by atoms with Gasteiger partial charge in [0.25, 0.3) is 5.91 Å². The maximum Gasteiger partial charge on any atom is 0.252 e. The highest BCUT2D eigenvalue weighted by Crippen LogP contribution is 2.04. The molecule has 1 heterocycles. The maximum absolute atomic E-state index is 12.0. The molecule has 2 N–H and O–H groups in total. The first-order chi connectivity index (χ1) is 9.06. The van der Waals surface area contributed by atoms with Crippen LogP contribution < -0.4 is 10.6 Å². The zero-order chi connectivity index (χ0) is 14.3. The molecule has 104 valence electrons. The van der Waals surface area contributed by atoms with Crippen LogP contribution in [-0.4, -0.2) is 29.4 Å². The van der Waals surface area contributed by atoms with Gasteiger partial charge in [0, 0.05) is 24.5 Å². The summed E-state index contributed by atoms with van der Waals surface area (Å²) in [7, 11) is 0. The van der Waals surface area contributed by atoms with Crippen LogP contribution in [0.4, 0.5) is 0 Å². The first kappa shape index (κ1) is 15.1. The summed E-state index contributed by atoms with van der Waals surface area (Å²) < 4.78 is 0. The fourth-order valence-electron chi connectivity index (χ4n) is 1.62. The van der Waals surface area contributed by atoms with E-state index >= 15 is 0 Å². The predicted octanol–water partition coefficient (Wildman–Crippen LogP) is 1.36. The lowest BCUT2D eigenvalue weighted by molar-refractivity contribution is -0.123. The molecule has 0 radical (unpaired) electrons. The Balaban J connectivity index is 2.68. The summed E-state index contributed by atoms with van der Waals surface area (Å²) in [5.41, 5.74) is 0.504. The van der Waals surface area contributed by atoms with Crippen LogP contribution >= 0.6 is 0 Å². The lowest BCUT2D eigenvalue weighted by Crippen LogP contribution is -2.49. The molecule has 19 heavy (non-hydrogen) atoms. The molecule has 0 aliphatic rings. The second kappa shape index (κ2) is 7.51. The Hall–Kier alpha value is -1.91. The first-order valence-electron chi connectivity index (χ1n) is 6.54.